The first kappa shape index (κ1) is 37.5. The van der Waals surface area contributed by atoms with Crippen LogP contribution in [0.5, 0.6) is 0 Å². The van der Waals surface area contributed by atoms with Gasteiger partial charge in [-0.1, -0.05) is 29.6 Å². The van der Waals surface area contributed by atoms with E-state index < -0.39 is 11.1 Å². The van der Waals surface area contributed by atoms with Gasteiger partial charge in [-0.15, -0.1) is 32.1 Å². The van der Waals surface area contributed by atoms with Gasteiger partial charge in [0.15, 0.2) is 0 Å². The van der Waals surface area contributed by atoms with Crippen LogP contribution in [0, 0.1) is 61.7 Å². The maximum atomic E-state index is 12.9. The van der Waals surface area contributed by atoms with Crippen LogP contribution >= 0.6 is 0 Å². The molecule has 0 fully saturated rings. The highest BCUT2D eigenvalue weighted by molar-refractivity contribution is 5.78. The summed E-state index contributed by atoms with van der Waals surface area (Å²) < 4.78 is 33.1. The number of carbonyl (C=O) groups is 2. The Balaban J connectivity index is 5.16. The normalized spacial score (nSPS) is 10.8. The first-order valence-corrected chi connectivity index (χ1v) is 13.1. The van der Waals surface area contributed by atoms with Gasteiger partial charge >= 0.3 is 0 Å². The van der Waals surface area contributed by atoms with Crippen LogP contribution in [0.4, 0.5) is 0 Å². The van der Waals surface area contributed by atoms with Gasteiger partial charge < -0.3 is 39.1 Å². The maximum absolute atomic E-state index is 12.9. The summed E-state index contributed by atoms with van der Waals surface area (Å²) in [6.07, 6.45) is 27.6. The van der Waals surface area contributed by atoms with Gasteiger partial charge in [0.1, 0.15) is 44.1 Å². The van der Waals surface area contributed by atoms with E-state index in [0.717, 1.165) is 0 Å². The fraction of sp³-hybridized carbons (Fsp3) is 0.613. The Morgan fingerprint density at radius 3 is 1.05 bits per heavy atom. The summed E-state index contributed by atoms with van der Waals surface area (Å²) in [5, 5.41) is 5.86. The number of hydrogen-bond donors (Lipinski definition) is 2. The van der Waals surface area contributed by atoms with Crippen molar-refractivity contribution in [1.82, 2.24) is 10.6 Å². The lowest BCUT2D eigenvalue weighted by molar-refractivity contribution is -0.128. The lowest BCUT2D eigenvalue weighted by atomic mass is 10.0. The van der Waals surface area contributed by atoms with Crippen molar-refractivity contribution >= 4 is 11.8 Å². The van der Waals surface area contributed by atoms with Gasteiger partial charge in [-0.05, 0) is 19.8 Å². The molecule has 41 heavy (non-hydrogen) atoms. The van der Waals surface area contributed by atoms with Crippen molar-refractivity contribution in [2.24, 2.45) is 0 Å². The Bertz CT molecular complexity index is 891. The number of ether oxygens (including phenoxy) is 6. The minimum atomic E-state index is -1.06. The Hall–Kier alpha value is -3.50. The van der Waals surface area contributed by atoms with E-state index in [-0.39, 0.29) is 97.3 Å². The predicted molar refractivity (Wildman–Crippen MR) is 155 cm³/mol. The second kappa shape index (κ2) is 24.3. The predicted octanol–water partition coefficient (Wildman–Crippen LogP) is 0.542. The quantitative estimate of drug-likeness (QED) is 0.121. The molecule has 10 nitrogen and oxygen atoms in total. The van der Waals surface area contributed by atoms with E-state index in [0.29, 0.717) is 19.4 Å². The molecular weight excluding hydrogens is 528 g/mol. The number of terminal acetylenes is 5. The number of carbonyl (C=O) groups excluding carboxylic acids is 2. The average molecular weight is 571 g/mol. The molecule has 2 N–H and O–H groups in total. The van der Waals surface area contributed by atoms with Crippen molar-refractivity contribution in [3.05, 3.63) is 0 Å². The topological polar surface area (TPSA) is 114 Å². The van der Waals surface area contributed by atoms with Gasteiger partial charge in [0, 0.05) is 19.4 Å². The molecule has 0 aliphatic carbocycles. The monoisotopic (exact) mass is 570 g/mol. The minimum absolute atomic E-state index is 0.0197. The molecular formula is C31H42N2O8. The molecule has 0 aromatic carbocycles. The molecule has 0 aromatic rings. The minimum Gasteiger partial charge on any atom is -0.379 e. The van der Waals surface area contributed by atoms with E-state index in [9.17, 15) is 9.59 Å². The van der Waals surface area contributed by atoms with Crippen molar-refractivity contribution in [3.8, 4) is 61.7 Å². The summed E-state index contributed by atoms with van der Waals surface area (Å²) in [6, 6.07) is 0. The summed E-state index contributed by atoms with van der Waals surface area (Å²) in [5.41, 5.74) is -2.04. The van der Waals surface area contributed by atoms with Gasteiger partial charge in [0.25, 0.3) is 0 Å². The summed E-state index contributed by atoms with van der Waals surface area (Å²) in [4.78, 5) is 25.7. The highest BCUT2D eigenvalue weighted by Gasteiger charge is 2.34. The molecule has 0 spiro atoms. The van der Waals surface area contributed by atoms with Crippen molar-refractivity contribution in [1.29, 1.82) is 0 Å². The smallest absolute Gasteiger partial charge is 0.220 e. The van der Waals surface area contributed by atoms with Crippen LogP contribution in [0.25, 0.3) is 0 Å². The van der Waals surface area contributed by atoms with Gasteiger partial charge in [-0.25, -0.2) is 0 Å². The van der Waals surface area contributed by atoms with Crippen LogP contribution in [0.1, 0.15) is 32.6 Å². The molecule has 0 aliphatic heterocycles. The standard InChI is InChI=1S/C31H42N2O8/c1-7-17-37-23-30(22-36-12-6,24-38-18-8-2)32-28(34)15-13-14-16-29(35)33-31(25-39-19-9-3,26-40-20-10-4)27-41-21-11-5/h1-5H,12-27H2,6H3,(H,32,34)(H,33,35). The van der Waals surface area contributed by atoms with Crippen LogP contribution in [0.15, 0.2) is 0 Å². The zero-order valence-corrected chi connectivity index (χ0v) is 24.0. The molecule has 0 heterocycles. The fourth-order valence-corrected chi connectivity index (χ4v) is 3.58. The third kappa shape index (κ3) is 18.5. The van der Waals surface area contributed by atoms with E-state index in [1.807, 2.05) is 6.92 Å². The zero-order chi connectivity index (χ0) is 30.7. The molecule has 0 aliphatic rings. The van der Waals surface area contributed by atoms with E-state index in [1.54, 1.807) is 0 Å². The first-order chi connectivity index (χ1) is 19.9. The number of amides is 2. The largest absolute Gasteiger partial charge is 0.379 e. The Labute approximate surface area is 245 Å². The molecule has 0 saturated carbocycles. The van der Waals surface area contributed by atoms with Crippen molar-refractivity contribution < 1.29 is 38.0 Å². The summed E-state index contributed by atoms with van der Waals surface area (Å²) in [6.45, 7) is 2.82. The van der Waals surface area contributed by atoms with E-state index >= 15 is 0 Å². The number of rotatable bonds is 25. The molecule has 0 radical (unpaired) electrons. The molecule has 0 aromatic heterocycles. The maximum Gasteiger partial charge on any atom is 0.220 e. The van der Waals surface area contributed by atoms with Gasteiger partial charge in [0.2, 0.25) is 11.8 Å². The summed E-state index contributed by atoms with van der Waals surface area (Å²) >= 11 is 0. The van der Waals surface area contributed by atoms with Crippen LogP contribution in [-0.2, 0) is 38.0 Å². The third-order valence-electron chi connectivity index (χ3n) is 5.27. The van der Waals surface area contributed by atoms with E-state index in [2.05, 4.69) is 40.2 Å². The lowest BCUT2D eigenvalue weighted by Gasteiger charge is -2.34. The molecule has 0 saturated heterocycles. The Morgan fingerprint density at radius 1 is 0.537 bits per heavy atom. The molecule has 2 amide bonds. The third-order valence-corrected chi connectivity index (χ3v) is 5.27. The van der Waals surface area contributed by atoms with Crippen molar-refractivity contribution in [3.63, 3.8) is 0 Å². The number of nitrogens with one attached hydrogen (secondary N) is 2. The van der Waals surface area contributed by atoms with Crippen LogP contribution in [-0.4, -0.2) is 102 Å². The molecule has 224 valence electrons. The van der Waals surface area contributed by atoms with Crippen LogP contribution in [0.3, 0.4) is 0 Å². The summed E-state index contributed by atoms with van der Waals surface area (Å²) in [7, 11) is 0. The molecule has 10 heteroatoms. The van der Waals surface area contributed by atoms with Gasteiger partial charge in [0.05, 0.1) is 39.6 Å². The number of unbranched alkanes of at least 4 members (excludes halogenated alkanes) is 1. The SMILES string of the molecule is C#CCOCC(COCC)(COCC#C)NC(=O)CCCCC(=O)NC(COCC#C)(COCC#C)COCC#C. The molecule has 0 rings (SSSR count). The van der Waals surface area contributed by atoms with Crippen molar-refractivity contribution in [2.45, 2.75) is 43.7 Å². The zero-order valence-electron chi connectivity index (χ0n) is 24.0. The van der Waals surface area contributed by atoms with E-state index in [4.69, 9.17) is 60.5 Å². The second-order valence-corrected chi connectivity index (χ2v) is 8.99. The van der Waals surface area contributed by atoms with Gasteiger partial charge in [-0.3, -0.25) is 9.59 Å². The van der Waals surface area contributed by atoms with Crippen molar-refractivity contribution in [2.75, 3.05) is 79.3 Å². The van der Waals surface area contributed by atoms with Crippen LogP contribution < -0.4 is 10.6 Å². The first-order valence-electron chi connectivity index (χ1n) is 13.1. The Kier molecular flexibility index (Phi) is 22.2. The lowest BCUT2D eigenvalue weighted by Crippen LogP contribution is -2.58. The summed E-state index contributed by atoms with van der Waals surface area (Å²) in [5.74, 6) is 11.4. The fourth-order valence-electron chi connectivity index (χ4n) is 3.58. The molecule has 0 atom stereocenters. The highest BCUT2D eigenvalue weighted by atomic mass is 16.5. The highest BCUT2D eigenvalue weighted by Crippen LogP contribution is 2.13. The van der Waals surface area contributed by atoms with Crippen LogP contribution in [0.2, 0.25) is 0 Å². The Morgan fingerprint density at radius 2 is 0.805 bits per heavy atom. The molecule has 0 unspecified atom stereocenters. The average Bonchev–Trinajstić information content (AvgIpc) is 2.95. The van der Waals surface area contributed by atoms with E-state index in [1.165, 1.54) is 0 Å². The second-order valence-electron chi connectivity index (χ2n) is 8.99. The molecule has 0 bridgehead atoms. The number of hydrogen-bond acceptors (Lipinski definition) is 8. The van der Waals surface area contributed by atoms with Gasteiger partial charge in [-0.2, -0.15) is 0 Å².